The van der Waals surface area contributed by atoms with Crippen LogP contribution in [0.5, 0.6) is 0 Å². The van der Waals surface area contributed by atoms with E-state index in [1.54, 1.807) is 30.3 Å². The van der Waals surface area contributed by atoms with E-state index in [-0.39, 0.29) is 17.3 Å². The van der Waals surface area contributed by atoms with Crippen LogP contribution in [0.3, 0.4) is 0 Å². The van der Waals surface area contributed by atoms with Gasteiger partial charge in [0.1, 0.15) is 6.33 Å². The lowest BCUT2D eigenvalue weighted by atomic mass is 10.2. The minimum absolute atomic E-state index is 0.00206. The summed E-state index contributed by atoms with van der Waals surface area (Å²) in [7, 11) is 0. The van der Waals surface area contributed by atoms with Crippen LogP contribution in [-0.4, -0.2) is 14.9 Å². The van der Waals surface area contributed by atoms with Crippen molar-refractivity contribution in [1.82, 2.24) is 9.97 Å². The molecule has 3 aromatic rings. The zero-order valence-corrected chi connectivity index (χ0v) is 15.9. The van der Waals surface area contributed by atoms with Crippen LogP contribution in [0.2, 0.25) is 15.1 Å². The number of halogens is 3. The number of anilines is 3. The molecule has 0 radical (unpaired) electrons. The van der Waals surface area contributed by atoms with Crippen LogP contribution in [0.1, 0.15) is 5.56 Å². The topological polar surface area (TPSA) is 93.0 Å². The summed E-state index contributed by atoms with van der Waals surface area (Å²) in [5.41, 5.74) is 0.983. The van der Waals surface area contributed by atoms with Gasteiger partial charge in [-0.1, -0.05) is 46.9 Å². The number of benzene rings is 2. The first-order chi connectivity index (χ1) is 12.9. The summed E-state index contributed by atoms with van der Waals surface area (Å²) >= 11 is 17.9. The Kier molecular flexibility index (Phi) is 5.95. The molecule has 0 spiro atoms. The lowest BCUT2D eigenvalue weighted by Gasteiger charge is -2.11. The smallest absolute Gasteiger partial charge is 0.353 e. The summed E-state index contributed by atoms with van der Waals surface area (Å²) in [6.07, 6.45) is 1.22. The van der Waals surface area contributed by atoms with Gasteiger partial charge in [-0.15, -0.1) is 0 Å². The summed E-state index contributed by atoms with van der Waals surface area (Å²) in [5, 5.41) is 18.8. The SMILES string of the molecule is O=[N+]([O-])c1c(NCc2ccc(Cl)cc2)ncnc1Nc1cc(Cl)ccc1Cl. The number of nitrogens with one attached hydrogen (secondary N) is 2. The molecule has 0 fully saturated rings. The third kappa shape index (κ3) is 4.77. The molecule has 0 saturated carbocycles. The maximum Gasteiger partial charge on any atom is 0.353 e. The Morgan fingerprint density at radius 1 is 0.963 bits per heavy atom. The van der Waals surface area contributed by atoms with Crippen molar-refractivity contribution in [3.63, 3.8) is 0 Å². The first-order valence-corrected chi connectivity index (χ1v) is 8.77. The Hall–Kier alpha value is -2.61. The third-order valence-electron chi connectivity index (χ3n) is 3.56. The highest BCUT2D eigenvalue weighted by atomic mass is 35.5. The van der Waals surface area contributed by atoms with Gasteiger partial charge >= 0.3 is 5.69 Å². The summed E-state index contributed by atoms with van der Waals surface area (Å²) in [5.74, 6) is 0.0726. The molecule has 2 aromatic carbocycles. The van der Waals surface area contributed by atoms with Crippen LogP contribution in [0.15, 0.2) is 48.8 Å². The number of rotatable bonds is 6. The molecule has 138 valence electrons. The summed E-state index contributed by atoms with van der Waals surface area (Å²) in [6, 6.07) is 11.8. The molecular weight excluding hydrogens is 413 g/mol. The van der Waals surface area contributed by atoms with Crippen molar-refractivity contribution in [2.45, 2.75) is 6.54 Å². The lowest BCUT2D eigenvalue weighted by molar-refractivity contribution is -0.383. The molecule has 0 bridgehead atoms. The summed E-state index contributed by atoms with van der Waals surface area (Å²) in [6.45, 7) is 0.326. The van der Waals surface area contributed by atoms with E-state index in [0.29, 0.717) is 27.3 Å². The van der Waals surface area contributed by atoms with E-state index in [2.05, 4.69) is 20.6 Å². The fraction of sp³-hybridized carbons (Fsp3) is 0.0588. The summed E-state index contributed by atoms with van der Waals surface area (Å²) < 4.78 is 0. The van der Waals surface area contributed by atoms with Crippen molar-refractivity contribution in [2.75, 3.05) is 10.6 Å². The van der Waals surface area contributed by atoms with E-state index in [4.69, 9.17) is 34.8 Å². The van der Waals surface area contributed by atoms with Gasteiger partial charge in [-0.2, -0.15) is 0 Å². The molecule has 0 aliphatic heterocycles. The van der Waals surface area contributed by atoms with Gasteiger partial charge in [-0.25, -0.2) is 9.97 Å². The molecular formula is C17H12Cl3N5O2. The normalized spacial score (nSPS) is 10.5. The number of nitrogens with zero attached hydrogens (tertiary/aromatic N) is 3. The van der Waals surface area contributed by atoms with Gasteiger partial charge in [0.25, 0.3) is 0 Å². The fourth-order valence-corrected chi connectivity index (χ4v) is 2.74. The molecule has 0 saturated heterocycles. The van der Waals surface area contributed by atoms with Crippen LogP contribution < -0.4 is 10.6 Å². The second kappa shape index (κ2) is 8.39. The standard InChI is InChI=1S/C17H12Cl3N5O2/c18-11-3-1-10(2-4-11)8-21-16-15(25(26)27)17(23-9-22-16)24-14-7-12(19)5-6-13(14)20/h1-7,9H,8H2,(H2,21,22,23,24). The Morgan fingerprint density at radius 2 is 1.63 bits per heavy atom. The quantitative estimate of drug-likeness (QED) is 0.389. The Balaban J connectivity index is 1.89. The molecule has 1 aromatic heterocycles. The highest BCUT2D eigenvalue weighted by molar-refractivity contribution is 6.35. The Bertz CT molecular complexity index is 983. The minimum atomic E-state index is -0.565. The van der Waals surface area contributed by atoms with Gasteiger partial charge in [0.2, 0.25) is 11.6 Å². The second-order valence-corrected chi connectivity index (χ2v) is 6.69. The zero-order valence-electron chi connectivity index (χ0n) is 13.6. The van der Waals surface area contributed by atoms with E-state index in [1.165, 1.54) is 6.33 Å². The lowest BCUT2D eigenvalue weighted by Crippen LogP contribution is -2.08. The van der Waals surface area contributed by atoms with Crippen molar-refractivity contribution < 1.29 is 4.92 Å². The van der Waals surface area contributed by atoms with Crippen molar-refractivity contribution in [1.29, 1.82) is 0 Å². The predicted octanol–water partition coefficient (Wildman–Crippen LogP) is 5.70. The van der Waals surface area contributed by atoms with Gasteiger partial charge in [0.15, 0.2) is 0 Å². The molecule has 7 nitrogen and oxygen atoms in total. The van der Waals surface area contributed by atoms with Crippen LogP contribution in [0.4, 0.5) is 23.0 Å². The van der Waals surface area contributed by atoms with E-state index >= 15 is 0 Å². The molecule has 27 heavy (non-hydrogen) atoms. The first kappa shape index (κ1) is 19.2. The molecule has 0 aliphatic carbocycles. The molecule has 0 aliphatic rings. The molecule has 0 unspecified atom stereocenters. The Morgan fingerprint density at radius 3 is 2.33 bits per heavy atom. The minimum Gasteiger partial charge on any atom is -0.360 e. The van der Waals surface area contributed by atoms with Gasteiger partial charge in [-0.3, -0.25) is 10.1 Å². The largest absolute Gasteiger partial charge is 0.360 e. The Labute approximate surface area is 169 Å². The van der Waals surface area contributed by atoms with Crippen LogP contribution in [0.25, 0.3) is 0 Å². The van der Waals surface area contributed by atoms with Crippen LogP contribution >= 0.6 is 34.8 Å². The predicted molar refractivity (Wildman–Crippen MR) is 107 cm³/mol. The first-order valence-electron chi connectivity index (χ1n) is 7.64. The average molecular weight is 425 g/mol. The molecule has 3 rings (SSSR count). The number of hydrogen-bond acceptors (Lipinski definition) is 6. The molecule has 0 atom stereocenters. The van der Waals surface area contributed by atoms with Crippen molar-refractivity contribution in [2.24, 2.45) is 0 Å². The number of aromatic nitrogens is 2. The molecule has 10 heteroatoms. The second-order valence-electron chi connectivity index (χ2n) is 5.41. The maximum absolute atomic E-state index is 11.6. The van der Waals surface area contributed by atoms with E-state index in [1.807, 2.05) is 12.1 Å². The van der Waals surface area contributed by atoms with Crippen molar-refractivity contribution in [3.05, 3.63) is 79.5 Å². The maximum atomic E-state index is 11.6. The highest BCUT2D eigenvalue weighted by Crippen LogP contribution is 2.34. The van der Waals surface area contributed by atoms with Crippen LogP contribution in [-0.2, 0) is 6.54 Å². The number of nitro groups is 1. The van der Waals surface area contributed by atoms with E-state index in [0.717, 1.165) is 5.56 Å². The van der Waals surface area contributed by atoms with E-state index in [9.17, 15) is 10.1 Å². The van der Waals surface area contributed by atoms with Crippen LogP contribution in [0, 0.1) is 10.1 Å². The van der Waals surface area contributed by atoms with E-state index < -0.39 is 4.92 Å². The molecule has 0 amide bonds. The zero-order chi connectivity index (χ0) is 19.4. The van der Waals surface area contributed by atoms with Gasteiger partial charge in [0.05, 0.1) is 15.6 Å². The fourth-order valence-electron chi connectivity index (χ4n) is 2.28. The number of hydrogen-bond donors (Lipinski definition) is 2. The van der Waals surface area contributed by atoms with Gasteiger partial charge in [0, 0.05) is 16.6 Å². The third-order valence-corrected chi connectivity index (χ3v) is 4.38. The summed E-state index contributed by atoms with van der Waals surface area (Å²) in [4.78, 5) is 19.0. The highest BCUT2D eigenvalue weighted by Gasteiger charge is 2.23. The van der Waals surface area contributed by atoms with Gasteiger partial charge < -0.3 is 10.6 Å². The van der Waals surface area contributed by atoms with Gasteiger partial charge in [-0.05, 0) is 35.9 Å². The van der Waals surface area contributed by atoms with Crippen molar-refractivity contribution >= 4 is 57.8 Å². The average Bonchev–Trinajstić information content (AvgIpc) is 2.64. The monoisotopic (exact) mass is 423 g/mol. The van der Waals surface area contributed by atoms with Crippen molar-refractivity contribution in [3.8, 4) is 0 Å². The molecule has 1 heterocycles. The molecule has 2 N–H and O–H groups in total.